The fourth-order valence-electron chi connectivity index (χ4n) is 1.85. The molecule has 0 bridgehead atoms. The fourth-order valence-corrected chi connectivity index (χ4v) is 1.85. The molecule has 0 saturated carbocycles. The molecular weight excluding hydrogens is 282 g/mol. The van der Waals surface area contributed by atoms with Crippen LogP contribution in [0.3, 0.4) is 0 Å². The van der Waals surface area contributed by atoms with Gasteiger partial charge in [0.15, 0.2) is 0 Å². The lowest BCUT2D eigenvalue weighted by Crippen LogP contribution is -2.23. The molecule has 2 rings (SSSR count). The van der Waals surface area contributed by atoms with E-state index in [2.05, 4.69) is 5.32 Å². The standard InChI is InChI=1S/C17H17NO4/c19-16(9-10-17(20)21)18-12-13-5-4-8-15(11-13)22-14-6-2-1-3-7-14/h1-8,11H,9-10,12H2,(H,18,19)(H,20,21). The van der Waals surface area contributed by atoms with Crippen molar-refractivity contribution in [3.63, 3.8) is 0 Å². The minimum Gasteiger partial charge on any atom is -0.481 e. The summed E-state index contributed by atoms with van der Waals surface area (Å²) in [5.41, 5.74) is 0.886. The zero-order valence-corrected chi connectivity index (χ0v) is 12.0. The van der Waals surface area contributed by atoms with Gasteiger partial charge < -0.3 is 15.2 Å². The van der Waals surface area contributed by atoms with Gasteiger partial charge in [0.2, 0.25) is 5.91 Å². The van der Waals surface area contributed by atoms with Crippen LogP contribution in [-0.4, -0.2) is 17.0 Å². The first-order valence-corrected chi connectivity index (χ1v) is 6.94. The summed E-state index contributed by atoms with van der Waals surface area (Å²) in [6.07, 6.45) is -0.182. The third-order valence-corrected chi connectivity index (χ3v) is 2.93. The Kier molecular flexibility index (Phi) is 5.54. The summed E-state index contributed by atoms with van der Waals surface area (Å²) in [5, 5.41) is 11.2. The number of carboxylic acids is 1. The first-order valence-electron chi connectivity index (χ1n) is 6.94. The van der Waals surface area contributed by atoms with Crippen molar-refractivity contribution in [2.75, 3.05) is 0 Å². The summed E-state index contributed by atoms with van der Waals surface area (Å²) in [5.74, 6) is 0.166. The van der Waals surface area contributed by atoms with Gasteiger partial charge in [-0.2, -0.15) is 0 Å². The molecule has 5 nitrogen and oxygen atoms in total. The molecular formula is C17H17NO4. The van der Waals surface area contributed by atoms with Crippen molar-refractivity contribution in [1.29, 1.82) is 0 Å². The normalized spacial score (nSPS) is 10.0. The first-order chi connectivity index (χ1) is 10.6. The van der Waals surface area contributed by atoms with Crippen molar-refractivity contribution in [1.82, 2.24) is 5.32 Å². The van der Waals surface area contributed by atoms with Crippen molar-refractivity contribution in [2.45, 2.75) is 19.4 Å². The van der Waals surface area contributed by atoms with E-state index in [1.165, 1.54) is 0 Å². The Bertz CT molecular complexity index is 640. The van der Waals surface area contributed by atoms with Crippen molar-refractivity contribution in [3.05, 3.63) is 60.2 Å². The maximum atomic E-state index is 11.5. The van der Waals surface area contributed by atoms with Crippen LogP contribution in [0.15, 0.2) is 54.6 Å². The number of benzene rings is 2. The largest absolute Gasteiger partial charge is 0.481 e. The molecule has 0 unspecified atom stereocenters. The number of amides is 1. The highest BCUT2D eigenvalue weighted by Gasteiger charge is 2.05. The van der Waals surface area contributed by atoms with Crippen LogP contribution in [0.25, 0.3) is 0 Å². The Morgan fingerprint density at radius 1 is 0.955 bits per heavy atom. The molecule has 5 heteroatoms. The molecule has 0 aromatic heterocycles. The number of para-hydroxylation sites is 1. The third kappa shape index (κ3) is 5.28. The fraction of sp³-hybridized carbons (Fsp3) is 0.176. The SMILES string of the molecule is O=C(O)CCC(=O)NCc1cccc(Oc2ccccc2)c1. The van der Waals surface area contributed by atoms with Gasteiger partial charge in [0.25, 0.3) is 0 Å². The van der Waals surface area contributed by atoms with E-state index < -0.39 is 5.97 Å². The van der Waals surface area contributed by atoms with Gasteiger partial charge in [-0.25, -0.2) is 0 Å². The Hall–Kier alpha value is -2.82. The van der Waals surface area contributed by atoms with Gasteiger partial charge in [-0.05, 0) is 29.8 Å². The average Bonchev–Trinajstić information content (AvgIpc) is 2.52. The summed E-state index contributed by atoms with van der Waals surface area (Å²) in [6, 6.07) is 16.8. The topological polar surface area (TPSA) is 75.6 Å². The van der Waals surface area contributed by atoms with Gasteiger partial charge in [-0.3, -0.25) is 9.59 Å². The van der Waals surface area contributed by atoms with Crippen LogP contribution in [0.2, 0.25) is 0 Å². The molecule has 0 radical (unpaired) electrons. The lowest BCUT2D eigenvalue weighted by molar-refractivity contribution is -0.138. The van der Waals surface area contributed by atoms with Crippen LogP contribution in [0.5, 0.6) is 11.5 Å². The predicted octanol–water partition coefficient (Wildman–Crippen LogP) is 2.96. The third-order valence-electron chi connectivity index (χ3n) is 2.93. The number of carboxylic acid groups (broad SMARTS) is 1. The smallest absolute Gasteiger partial charge is 0.303 e. The quantitative estimate of drug-likeness (QED) is 0.824. The maximum absolute atomic E-state index is 11.5. The summed E-state index contributed by atoms with van der Waals surface area (Å²) in [6.45, 7) is 0.338. The van der Waals surface area contributed by atoms with Gasteiger partial charge in [-0.1, -0.05) is 30.3 Å². The summed E-state index contributed by atoms with van der Waals surface area (Å²) in [7, 11) is 0. The zero-order valence-electron chi connectivity index (χ0n) is 12.0. The van der Waals surface area contributed by atoms with Crippen molar-refractivity contribution in [2.24, 2.45) is 0 Å². The van der Waals surface area contributed by atoms with Crippen LogP contribution in [0.1, 0.15) is 18.4 Å². The number of hydrogen-bond donors (Lipinski definition) is 2. The van der Waals surface area contributed by atoms with Crippen LogP contribution < -0.4 is 10.1 Å². The van der Waals surface area contributed by atoms with E-state index in [-0.39, 0.29) is 18.7 Å². The summed E-state index contributed by atoms with van der Waals surface area (Å²) in [4.78, 5) is 21.9. The number of carbonyl (C=O) groups excluding carboxylic acids is 1. The number of ether oxygens (including phenoxy) is 1. The number of aliphatic carboxylic acids is 1. The summed E-state index contributed by atoms with van der Waals surface area (Å²) < 4.78 is 5.71. The minimum atomic E-state index is -0.978. The number of rotatable bonds is 7. The molecule has 0 saturated heterocycles. The molecule has 0 atom stereocenters. The van der Waals surface area contributed by atoms with E-state index in [0.717, 1.165) is 11.3 Å². The van der Waals surface area contributed by atoms with E-state index in [4.69, 9.17) is 9.84 Å². The highest BCUT2D eigenvalue weighted by molar-refractivity contribution is 5.80. The molecule has 22 heavy (non-hydrogen) atoms. The molecule has 2 aromatic rings. The molecule has 0 heterocycles. The lowest BCUT2D eigenvalue weighted by Gasteiger charge is -2.08. The average molecular weight is 299 g/mol. The van der Waals surface area contributed by atoms with Crippen molar-refractivity contribution < 1.29 is 19.4 Å². The van der Waals surface area contributed by atoms with Crippen LogP contribution >= 0.6 is 0 Å². The molecule has 114 valence electrons. The van der Waals surface area contributed by atoms with Gasteiger partial charge in [0.1, 0.15) is 11.5 Å². The van der Waals surface area contributed by atoms with Crippen LogP contribution in [-0.2, 0) is 16.1 Å². The van der Waals surface area contributed by atoms with E-state index >= 15 is 0 Å². The monoisotopic (exact) mass is 299 g/mol. The van der Waals surface area contributed by atoms with E-state index in [1.54, 1.807) is 0 Å². The minimum absolute atomic E-state index is 0.0183. The second kappa shape index (κ2) is 7.83. The highest BCUT2D eigenvalue weighted by atomic mass is 16.5. The second-order valence-electron chi connectivity index (χ2n) is 4.73. The van der Waals surface area contributed by atoms with Gasteiger partial charge in [-0.15, -0.1) is 0 Å². The molecule has 2 N–H and O–H groups in total. The molecule has 2 aromatic carbocycles. The zero-order chi connectivity index (χ0) is 15.8. The number of carbonyl (C=O) groups is 2. The Balaban J connectivity index is 1.89. The molecule has 0 fully saturated rings. The summed E-state index contributed by atoms with van der Waals surface area (Å²) >= 11 is 0. The van der Waals surface area contributed by atoms with Crippen molar-refractivity contribution in [3.8, 4) is 11.5 Å². The van der Waals surface area contributed by atoms with Crippen molar-refractivity contribution >= 4 is 11.9 Å². The van der Waals surface area contributed by atoms with E-state index in [9.17, 15) is 9.59 Å². The Labute approximate surface area is 128 Å². The number of hydrogen-bond acceptors (Lipinski definition) is 3. The van der Waals surface area contributed by atoms with E-state index in [1.807, 2.05) is 54.6 Å². The lowest BCUT2D eigenvalue weighted by atomic mass is 10.2. The van der Waals surface area contributed by atoms with Gasteiger partial charge in [0.05, 0.1) is 6.42 Å². The maximum Gasteiger partial charge on any atom is 0.303 e. The Morgan fingerprint density at radius 3 is 2.41 bits per heavy atom. The predicted molar refractivity (Wildman–Crippen MR) is 81.7 cm³/mol. The molecule has 0 aliphatic rings. The molecule has 0 aliphatic carbocycles. The molecule has 1 amide bonds. The Morgan fingerprint density at radius 2 is 1.68 bits per heavy atom. The highest BCUT2D eigenvalue weighted by Crippen LogP contribution is 2.21. The molecule has 0 spiro atoms. The van der Waals surface area contributed by atoms with Crippen LogP contribution in [0, 0.1) is 0 Å². The van der Waals surface area contributed by atoms with E-state index in [0.29, 0.717) is 12.3 Å². The molecule has 0 aliphatic heterocycles. The van der Waals surface area contributed by atoms with Gasteiger partial charge >= 0.3 is 5.97 Å². The number of nitrogens with one attached hydrogen (secondary N) is 1. The van der Waals surface area contributed by atoms with Crippen LogP contribution in [0.4, 0.5) is 0 Å². The second-order valence-corrected chi connectivity index (χ2v) is 4.73. The van der Waals surface area contributed by atoms with Gasteiger partial charge in [0, 0.05) is 13.0 Å². The first kappa shape index (κ1) is 15.6.